The monoisotopic (exact) mass is 355 g/mol. The van der Waals surface area contributed by atoms with E-state index in [0.29, 0.717) is 36.1 Å². The average molecular weight is 356 g/mol. The lowest BCUT2D eigenvalue weighted by Gasteiger charge is -2.58. The molecule has 1 fully saturated rings. The molecule has 0 aromatic carbocycles. The van der Waals surface area contributed by atoms with Crippen LogP contribution in [0, 0.1) is 22.7 Å². The SMILES string of the molecule is CCNC1=CC(=O)C=C(C[C@]2(C)C(C)CCC3(C)C(C)=CCCC32)C1=O. The third kappa shape index (κ3) is 3.00. The van der Waals surface area contributed by atoms with Gasteiger partial charge in [-0.15, -0.1) is 0 Å². The minimum atomic E-state index is -0.0647. The number of rotatable bonds is 4. The third-order valence-corrected chi connectivity index (χ3v) is 7.67. The molecule has 1 saturated carbocycles. The maximum Gasteiger partial charge on any atom is 0.205 e. The van der Waals surface area contributed by atoms with Crippen molar-refractivity contribution in [1.82, 2.24) is 5.32 Å². The Hall–Kier alpha value is -1.64. The van der Waals surface area contributed by atoms with Crippen LogP contribution in [0.5, 0.6) is 0 Å². The molecule has 4 atom stereocenters. The summed E-state index contributed by atoms with van der Waals surface area (Å²) in [6.45, 7) is 12.0. The maximum absolute atomic E-state index is 12.9. The van der Waals surface area contributed by atoms with E-state index in [1.165, 1.54) is 30.9 Å². The summed E-state index contributed by atoms with van der Waals surface area (Å²) in [6, 6.07) is 0. The summed E-state index contributed by atoms with van der Waals surface area (Å²) in [5.41, 5.74) is 2.94. The number of nitrogens with one attached hydrogen (secondary N) is 1. The summed E-state index contributed by atoms with van der Waals surface area (Å²) in [4.78, 5) is 25.1. The van der Waals surface area contributed by atoms with Crippen molar-refractivity contribution in [2.75, 3.05) is 6.54 Å². The first-order valence-electron chi connectivity index (χ1n) is 10.1. The van der Waals surface area contributed by atoms with Crippen molar-refractivity contribution in [3.8, 4) is 0 Å². The van der Waals surface area contributed by atoms with E-state index in [1.54, 1.807) is 6.08 Å². The number of fused-ring (bicyclic) bond motifs is 1. The van der Waals surface area contributed by atoms with Crippen LogP contribution in [0.1, 0.15) is 66.7 Å². The van der Waals surface area contributed by atoms with E-state index in [2.05, 4.69) is 39.1 Å². The van der Waals surface area contributed by atoms with E-state index in [1.807, 2.05) is 6.92 Å². The molecule has 142 valence electrons. The van der Waals surface area contributed by atoms with Crippen LogP contribution in [0.3, 0.4) is 0 Å². The van der Waals surface area contributed by atoms with Crippen LogP contribution < -0.4 is 5.32 Å². The van der Waals surface area contributed by atoms with Gasteiger partial charge in [-0.05, 0) is 74.7 Å². The van der Waals surface area contributed by atoms with Gasteiger partial charge in [0.25, 0.3) is 0 Å². The second-order valence-corrected chi connectivity index (χ2v) is 9.05. The predicted molar refractivity (Wildman–Crippen MR) is 106 cm³/mol. The Morgan fingerprint density at radius 1 is 1.19 bits per heavy atom. The molecule has 3 rings (SSSR count). The van der Waals surface area contributed by atoms with Crippen molar-refractivity contribution in [3.63, 3.8) is 0 Å². The molecule has 3 aliphatic rings. The average Bonchev–Trinajstić information content (AvgIpc) is 2.58. The molecule has 3 unspecified atom stereocenters. The number of Topliss-reactive ketones (excluding diaryl/α,β-unsaturated/α-hetero) is 1. The fourth-order valence-corrected chi connectivity index (χ4v) is 5.73. The first-order valence-corrected chi connectivity index (χ1v) is 10.1. The highest BCUT2D eigenvalue weighted by Gasteiger charge is 2.53. The van der Waals surface area contributed by atoms with E-state index in [4.69, 9.17) is 0 Å². The van der Waals surface area contributed by atoms with Crippen molar-refractivity contribution in [1.29, 1.82) is 0 Å². The fourth-order valence-electron chi connectivity index (χ4n) is 5.73. The molecule has 0 saturated heterocycles. The van der Waals surface area contributed by atoms with Gasteiger partial charge in [-0.25, -0.2) is 0 Å². The van der Waals surface area contributed by atoms with Crippen LogP contribution >= 0.6 is 0 Å². The molecule has 0 heterocycles. The van der Waals surface area contributed by atoms with Crippen molar-refractivity contribution < 1.29 is 9.59 Å². The lowest BCUT2D eigenvalue weighted by Crippen LogP contribution is -2.50. The van der Waals surface area contributed by atoms with Crippen LogP contribution in [0.15, 0.2) is 35.1 Å². The number of likely N-dealkylation sites (N-methyl/N-ethyl adjacent to an activating group) is 1. The fraction of sp³-hybridized carbons (Fsp3) is 0.652. The Morgan fingerprint density at radius 3 is 2.62 bits per heavy atom. The van der Waals surface area contributed by atoms with Gasteiger partial charge in [-0.3, -0.25) is 9.59 Å². The summed E-state index contributed by atoms with van der Waals surface area (Å²) in [5.74, 6) is 1.05. The second kappa shape index (κ2) is 6.83. The molecule has 0 amide bonds. The van der Waals surface area contributed by atoms with Gasteiger partial charge in [0.15, 0.2) is 5.78 Å². The zero-order valence-corrected chi connectivity index (χ0v) is 16.9. The van der Waals surface area contributed by atoms with Crippen molar-refractivity contribution in [2.45, 2.75) is 66.7 Å². The van der Waals surface area contributed by atoms with Crippen molar-refractivity contribution in [2.24, 2.45) is 22.7 Å². The molecule has 0 aliphatic heterocycles. The first kappa shape index (κ1) is 19.1. The number of allylic oxidation sites excluding steroid dienone is 5. The highest BCUT2D eigenvalue weighted by atomic mass is 16.1. The minimum Gasteiger partial charge on any atom is -0.382 e. The minimum absolute atomic E-state index is 0.00947. The summed E-state index contributed by atoms with van der Waals surface area (Å²) >= 11 is 0. The first-order chi connectivity index (χ1) is 12.2. The number of ketones is 2. The lowest BCUT2D eigenvalue weighted by atomic mass is 9.46. The molecule has 1 N–H and O–H groups in total. The molecule has 3 heteroatoms. The highest BCUT2D eigenvalue weighted by molar-refractivity contribution is 6.20. The van der Waals surface area contributed by atoms with Crippen LogP contribution in [0.4, 0.5) is 0 Å². The van der Waals surface area contributed by atoms with Crippen LogP contribution in [0.2, 0.25) is 0 Å². The number of hydrogen-bond donors (Lipinski definition) is 1. The van der Waals surface area contributed by atoms with E-state index >= 15 is 0 Å². The van der Waals surface area contributed by atoms with E-state index in [9.17, 15) is 9.59 Å². The van der Waals surface area contributed by atoms with Gasteiger partial charge in [-0.2, -0.15) is 0 Å². The summed E-state index contributed by atoms with van der Waals surface area (Å²) in [7, 11) is 0. The number of carbonyl (C=O) groups excluding carboxylic acids is 2. The molecule has 0 radical (unpaired) electrons. The highest BCUT2D eigenvalue weighted by Crippen LogP contribution is 2.62. The Kier molecular flexibility index (Phi) is 5.02. The smallest absolute Gasteiger partial charge is 0.205 e. The molecule has 0 aromatic heterocycles. The number of hydrogen-bond acceptors (Lipinski definition) is 3. The van der Waals surface area contributed by atoms with Gasteiger partial charge in [-0.1, -0.05) is 32.4 Å². The standard InChI is InChI=1S/C23H33NO2/c1-6-24-19-13-18(25)12-17(21(19)26)14-23(5)16(3)10-11-22(4)15(2)8-7-9-20(22)23/h8,12-13,16,20,24H,6-7,9-11,14H2,1-5H3/t16?,20?,22?,23-/m1/s1. The molecule has 0 aromatic rings. The summed E-state index contributed by atoms with van der Waals surface area (Å²) in [5, 5.41) is 3.07. The predicted octanol–water partition coefficient (Wildman–Crippen LogP) is 4.75. The van der Waals surface area contributed by atoms with Crippen molar-refractivity contribution >= 4 is 11.6 Å². The normalized spacial score (nSPS) is 37.5. The zero-order chi connectivity index (χ0) is 19.1. The second-order valence-electron chi connectivity index (χ2n) is 9.05. The Bertz CT molecular complexity index is 714. The largest absolute Gasteiger partial charge is 0.382 e. The van der Waals surface area contributed by atoms with E-state index in [-0.39, 0.29) is 22.4 Å². The van der Waals surface area contributed by atoms with Gasteiger partial charge in [0.2, 0.25) is 5.78 Å². The molecule has 26 heavy (non-hydrogen) atoms. The Labute approximate surface area is 158 Å². The summed E-state index contributed by atoms with van der Waals surface area (Å²) in [6.07, 6.45) is 10.9. The lowest BCUT2D eigenvalue weighted by molar-refractivity contribution is -0.116. The third-order valence-electron chi connectivity index (χ3n) is 7.67. The maximum atomic E-state index is 12.9. The number of carbonyl (C=O) groups is 2. The van der Waals surface area contributed by atoms with Gasteiger partial charge in [0, 0.05) is 18.2 Å². The van der Waals surface area contributed by atoms with Gasteiger partial charge in [0.1, 0.15) is 0 Å². The molecular formula is C23H33NO2. The molecule has 0 bridgehead atoms. The Balaban J connectivity index is 1.93. The molecule has 3 aliphatic carbocycles. The van der Waals surface area contributed by atoms with Crippen molar-refractivity contribution in [3.05, 3.63) is 35.1 Å². The van der Waals surface area contributed by atoms with Crippen LogP contribution in [0.25, 0.3) is 0 Å². The van der Waals surface area contributed by atoms with Crippen LogP contribution in [-0.4, -0.2) is 18.1 Å². The quantitative estimate of drug-likeness (QED) is 0.585. The Morgan fingerprint density at radius 2 is 1.92 bits per heavy atom. The molecular weight excluding hydrogens is 322 g/mol. The topological polar surface area (TPSA) is 46.2 Å². The van der Waals surface area contributed by atoms with E-state index in [0.717, 1.165) is 6.42 Å². The molecule has 3 nitrogen and oxygen atoms in total. The summed E-state index contributed by atoms with van der Waals surface area (Å²) < 4.78 is 0. The van der Waals surface area contributed by atoms with E-state index < -0.39 is 0 Å². The molecule has 0 spiro atoms. The van der Waals surface area contributed by atoms with Gasteiger partial charge in [0.05, 0.1) is 5.70 Å². The van der Waals surface area contributed by atoms with Gasteiger partial charge < -0.3 is 5.32 Å². The van der Waals surface area contributed by atoms with Crippen LogP contribution in [-0.2, 0) is 9.59 Å². The zero-order valence-electron chi connectivity index (χ0n) is 16.9. The van der Waals surface area contributed by atoms with Gasteiger partial charge >= 0.3 is 0 Å².